The van der Waals surface area contributed by atoms with E-state index in [-0.39, 0.29) is 0 Å². The lowest BCUT2D eigenvalue weighted by molar-refractivity contribution is -0.128. The van der Waals surface area contributed by atoms with Crippen molar-refractivity contribution in [2.24, 2.45) is 0 Å². The molecular formula is C20H17NO4. The summed E-state index contributed by atoms with van der Waals surface area (Å²) >= 11 is 0. The van der Waals surface area contributed by atoms with Gasteiger partial charge in [0.15, 0.2) is 0 Å². The number of aromatic amines is 1. The zero-order valence-electron chi connectivity index (χ0n) is 13.9. The molecule has 126 valence electrons. The SMILES string of the molecule is COC(=O)c1c(C)[nH]c2ccc(OC(=O)/C=C/c3ccccc3)cc12. The van der Waals surface area contributed by atoms with E-state index >= 15 is 0 Å². The first kappa shape index (κ1) is 16.5. The largest absolute Gasteiger partial charge is 0.465 e. The number of hydrogen-bond donors (Lipinski definition) is 1. The Balaban J connectivity index is 1.83. The highest BCUT2D eigenvalue weighted by Gasteiger charge is 2.17. The highest BCUT2D eigenvalue weighted by molar-refractivity contribution is 6.06. The van der Waals surface area contributed by atoms with Crippen LogP contribution in [0.3, 0.4) is 0 Å². The molecule has 0 radical (unpaired) electrons. The Hall–Kier alpha value is -3.34. The summed E-state index contributed by atoms with van der Waals surface area (Å²) in [5.74, 6) is -0.564. The number of nitrogens with one attached hydrogen (secondary N) is 1. The van der Waals surface area contributed by atoms with E-state index in [2.05, 4.69) is 4.98 Å². The van der Waals surface area contributed by atoms with E-state index < -0.39 is 11.9 Å². The van der Waals surface area contributed by atoms with Gasteiger partial charge in [-0.3, -0.25) is 0 Å². The standard InChI is InChI=1S/C20H17NO4/c1-13-19(20(23)24-2)16-12-15(9-10-17(16)21-13)25-18(22)11-8-14-6-4-3-5-7-14/h3-12,21H,1-2H3/b11-8+. The lowest BCUT2D eigenvalue weighted by atomic mass is 10.1. The monoisotopic (exact) mass is 335 g/mol. The van der Waals surface area contributed by atoms with E-state index in [9.17, 15) is 9.59 Å². The lowest BCUT2D eigenvalue weighted by Gasteiger charge is -2.03. The summed E-state index contributed by atoms with van der Waals surface area (Å²) < 4.78 is 10.1. The van der Waals surface area contributed by atoms with Crippen molar-refractivity contribution in [1.29, 1.82) is 0 Å². The Kier molecular flexibility index (Phi) is 4.66. The van der Waals surface area contributed by atoms with Gasteiger partial charge in [-0.05, 0) is 36.8 Å². The maximum Gasteiger partial charge on any atom is 0.340 e. The first-order chi connectivity index (χ1) is 12.1. The minimum absolute atomic E-state index is 0.361. The molecule has 0 amide bonds. The summed E-state index contributed by atoms with van der Waals surface area (Å²) in [5.41, 5.74) is 2.83. The van der Waals surface area contributed by atoms with E-state index in [1.165, 1.54) is 13.2 Å². The normalized spacial score (nSPS) is 11.0. The van der Waals surface area contributed by atoms with Gasteiger partial charge < -0.3 is 14.5 Å². The number of aryl methyl sites for hydroxylation is 1. The van der Waals surface area contributed by atoms with Gasteiger partial charge in [0.25, 0.3) is 0 Å². The molecule has 5 nitrogen and oxygen atoms in total. The lowest BCUT2D eigenvalue weighted by Crippen LogP contribution is -2.04. The zero-order chi connectivity index (χ0) is 17.8. The molecule has 1 aromatic heterocycles. The number of rotatable bonds is 4. The van der Waals surface area contributed by atoms with Crippen LogP contribution in [-0.2, 0) is 9.53 Å². The van der Waals surface area contributed by atoms with Gasteiger partial charge in [0.1, 0.15) is 5.75 Å². The topological polar surface area (TPSA) is 68.4 Å². The number of methoxy groups -OCH3 is 1. The van der Waals surface area contributed by atoms with E-state index in [1.807, 2.05) is 30.3 Å². The summed E-state index contributed by atoms with van der Waals surface area (Å²) in [5, 5.41) is 0.654. The quantitative estimate of drug-likeness (QED) is 0.446. The van der Waals surface area contributed by atoms with Crippen molar-refractivity contribution in [3.8, 4) is 5.75 Å². The number of esters is 2. The molecule has 0 spiro atoms. The third-order valence-electron chi connectivity index (χ3n) is 3.78. The smallest absolute Gasteiger partial charge is 0.340 e. The third kappa shape index (κ3) is 3.61. The Labute approximate surface area is 144 Å². The highest BCUT2D eigenvalue weighted by Crippen LogP contribution is 2.27. The van der Waals surface area contributed by atoms with E-state index in [1.54, 1.807) is 31.2 Å². The molecule has 0 atom stereocenters. The third-order valence-corrected chi connectivity index (χ3v) is 3.78. The van der Waals surface area contributed by atoms with Gasteiger partial charge in [-0.15, -0.1) is 0 Å². The van der Waals surface area contributed by atoms with Crippen LogP contribution in [0.2, 0.25) is 0 Å². The molecule has 1 N–H and O–H groups in total. The maximum absolute atomic E-state index is 12.0. The molecule has 3 aromatic rings. The first-order valence-corrected chi connectivity index (χ1v) is 7.74. The van der Waals surface area contributed by atoms with Crippen LogP contribution < -0.4 is 4.74 Å². The Morgan fingerprint density at radius 1 is 1.08 bits per heavy atom. The zero-order valence-corrected chi connectivity index (χ0v) is 13.9. The Morgan fingerprint density at radius 2 is 1.84 bits per heavy atom. The minimum atomic E-state index is -0.491. The van der Waals surface area contributed by atoms with E-state index in [4.69, 9.17) is 9.47 Å². The predicted octanol–water partition coefficient (Wildman–Crippen LogP) is 3.88. The van der Waals surface area contributed by atoms with Gasteiger partial charge in [0.05, 0.1) is 12.7 Å². The van der Waals surface area contributed by atoms with Crippen molar-refractivity contribution in [2.45, 2.75) is 6.92 Å². The molecular weight excluding hydrogens is 318 g/mol. The van der Waals surface area contributed by atoms with Gasteiger partial charge in [-0.25, -0.2) is 9.59 Å². The van der Waals surface area contributed by atoms with Gasteiger partial charge in [0.2, 0.25) is 0 Å². The number of H-pyrrole nitrogens is 1. The first-order valence-electron chi connectivity index (χ1n) is 7.74. The van der Waals surface area contributed by atoms with Crippen LogP contribution in [0.4, 0.5) is 0 Å². The number of hydrogen-bond acceptors (Lipinski definition) is 4. The highest BCUT2D eigenvalue weighted by atomic mass is 16.5. The fraction of sp³-hybridized carbons (Fsp3) is 0.100. The second kappa shape index (κ2) is 7.05. The second-order valence-electron chi connectivity index (χ2n) is 5.49. The second-order valence-corrected chi connectivity index (χ2v) is 5.49. The van der Waals surface area contributed by atoms with E-state index in [0.717, 1.165) is 11.1 Å². The summed E-state index contributed by atoms with van der Waals surface area (Å²) in [6.07, 6.45) is 3.05. The Bertz CT molecular complexity index is 954. The van der Waals surface area contributed by atoms with Crippen LogP contribution in [0.1, 0.15) is 21.6 Å². The molecule has 0 aliphatic heterocycles. The fourth-order valence-electron chi connectivity index (χ4n) is 2.61. The van der Waals surface area contributed by atoms with Crippen molar-refractivity contribution in [2.75, 3.05) is 7.11 Å². The molecule has 0 bridgehead atoms. The van der Waals surface area contributed by atoms with Crippen molar-refractivity contribution in [1.82, 2.24) is 4.98 Å². The van der Waals surface area contributed by atoms with Crippen LogP contribution >= 0.6 is 0 Å². The molecule has 2 aromatic carbocycles. The molecule has 0 fully saturated rings. The molecule has 5 heteroatoms. The summed E-state index contributed by atoms with van der Waals surface area (Å²) in [6.45, 7) is 1.79. The van der Waals surface area contributed by atoms with Crippen molar-refractivity contribution >= 4 is 28.9 Å². The minimum Gasteiger partial charge on any atom is -0.465 e. The number of carbonyl (C=O) groups excluding carboxylic acids is 2. The molecule has 0 saturated carbocycles. The number of benzene rings is 2. The van der Waals surface area contributed by atoms with Crippen LogP contribution in [0.25, 0.3) is 17.0 Å². The average molecular weight is 335 g/mol. The van der Waals surface area contributed by atoms with Gasteiger partial charge >= 0.3 is 11.9 Å². The van der Waals surface area contributed by atoms with Crippen LogP contribution in [0.15, 0.2) is 54.6 Å². The van der Waals surface area contributed by atoms with Crippen LogP contribution in [0.5, 0.6) is 5.75 Å². The van der Waals surface area contributed by atoms with Crippen molar-refractivity contribution in [3.63, 3.8) is 0 Å². The predicted molar refractivity (Wildman–Crippen MR) is 95.5 cm³/mol. The van der Waals surface area contributed by atoms with Gasteiger partial charge in [-0.2, -0.15) is 0 Å². The average Bonchev–Trinajstić information content (AvgIpc) is 2.95. The van der Waals surface area contributed by atoms with Crippen molar-refractivity contribution < 1.29 is 19.1 Å². The molecule has 3 rings (SSSR count). The summed E-state index contributed by atoms with van der Waals surface area (Å²) in [7, 11) is 1.33. The molecule has 0 aliphatic rings. The molecule has 0 unspecified atom stereocenters. The molecule has 0 saturated heterocycles. The number of carbonyl (C=O) groups is 2. The van der Waals surface area contributed by atoms with Crippen molar-refractivity contribution in [3.05, 3.63) is 71.4 Å². The number of ether oxygens (including phenoxy) is 2. The van der Waals surface area contributed by atoms with Crippen LogP contribution in [0, 0.1) is 6.92 Å². The molecule has 1 heterocycles. The number of fused-ring (bicyclic) bond motifs is 1. The summed E-state index contributed by atoms with van der Waals surface area (Å²) in [6, 6.07) is 14.6. The maximum atomic E-state index is 12.0. The Morgan fingerprint density at radius 3 is 2.56 bits per heavy atom. The van der Waals surface area contributed by atoms with Crippen LogP contribution in [-0.4, -0.2) is 24.0 Å². The fourth-order valence-corrected chi connectivity index (χ4v) is 2.61. The van der Waals surface area contributed by atoms with Gasteiger partial charge in [-0.1, -0.05) is 30.3 Å². The van der Waals surface area contributed by atoms with E-state index in [0.29, 0.717) is 22.4 Å². The number of aromatic nitrogens is 1. The summed E-state index contributed by atoms with van der Waals surface area (Å²) in [4.78, 5) is 27.0. The molecule has 0 aliphatic carbocycles. The molecule has 25 heavy (non-hydrogen) atoms. The van der Waals surface area contributed by atoms with Gasteiger partial charge in [0, 0.05) is 22.7 Å².